The van der Waals surface area contributed by atoms with Crippen LogP contribution in [-0.2, 0) is 4.79 Å². The third kappa shape index (κ3) is 5.44. The van der Waals surface area contributed by atoms with Crippen LogP contribution in [0.1, 0.15) is 57.4 Å². The summed E-state index contributed by atoms with van der Waals surface area (Å²) in [7, 11) is 0. The molecule has 2 aromatic rings. The molecule has 0 saturated carbocycles. The molecule has 4 nitrogen and oxygen atoms in total. The van der Waals surface area contributed by atoms with E-state index in [9.17, 15) is 4.79 Å². The monoisotopic (exact) mass is 326 g/mol. The summed E-state index contributed by atoms with van der Waals surface area (Å²) in [4.78, 5) is 20.4. The fraction of sp³-hybridized carbons (Fsp3) is 0.450. The average Bonchev–Trinajstić information content (AvgIpc) is 2.59. The van der Waals surface area contributed by atoms with Crippen LogP contribution in [0, 0.1) is 6.92 Å². The zero-order valence-electron chi connectivity index (χ0n) is 14.6. The Morgan fingerprint density at radius 1 is 1.08 bits per heavy atom. The number of rotatable bonds is 9. The van der Waals surface area contributed by atoms with E-state index in [0.717, 1.165) is 29.7 Å². The van der Waals surface area contributed by atoms with Crippen molar-refractivity contribution in [1.82, 2.24) is 9.97 Å². The lowest BCUT2D eigenvalue weighted by Gasteiger charge is -2.12. The summed E-state index contributed by atoms with van der Waals surface area (Å²) >= 11 is 0. The summed E-state index contributed by atoms with van der Waals surface area (Å²) in [5.41, 5.74) is 2.65. The first-order valence-corrected chi connectivity index (χ1v) is 8.79. The van der Waals surface area contributed by atoms with Gasteiger partial charge < -0.3 is 4.74 Å². The number of hydrogen-bond acceptors (Lipinski definition) is 4. The topological polar surface area (TPSA) is 52.1 Å². The summed E-state index contributed by atoms with van der Waals surface area (Å²) < 4.78 is 5.61. The van der Waals surface area contributed by atoms with Gasteiger partial charge in [0.15, 0.2) is 0 Å². The molecule has 1 aromatic carbocycles. The molecule has 0 fully saturated rings. The first-order valence-electron chi connectivity index (χ1n) is 8.79. The van der Waals surface area contributed by atoms with Crippen LogP contribution < -0.4 is 4.74 Å². The number of aromatic nitrogens is 2. The van der Waals surface area contributed by atoms with Crippen molar-refractivity contribution in [1.29, 1.82) is 0 Å². The molecule has 0 N–H and O–H groups in total. The van der Waals surface area contributed by atoms with Crippen LogP contribution in [0.25, 0.3) is 11.3 Å². The zero-order valence-corrected chi connectivity index (χ0v) is 14.6. The lowest BCUT2D eigenvalue weighted by Crippen LogP contribution is -2.09. The Labute approximate surface area is 144 Å². The van der Waals surface area contributed by atoms with Crippen molar-refractivity contribution in [2.45, 2.75) is 58.8 Å². The maximum Gasteiger partial charge on any atom is 0.311 e. The van der Waals surface area contributed by atoms with Gasteiger partial charge in [0.1, 0.15) is 12.1 Å². The molecule has 0 aliphatic carbocycles. The molecule has 0 saturated heterocycles. The van der Waals surface area contributed by atoms with Crippen LogP contribution in [0.4, 0.5) is 0 Å². The second kappa shape index (κ2) is 9.81. The van der Waals surface area contributed by atoms with Crippen molar-refractivity contribution in [3.8, 4) is 17.0 Å². The number of esters is 1. The minimum Gasteiger partial charge on any atom is -0.426 e. The average molecular weight is 326 g/mol. The van der Waals surface area contributed by atoms with Crippen molar-refractivity contribution in [3.63, 3.8) is 0 Å². The summed E-state index contributed by atoms with van der Waals surface area (Å²) in [6, 6.07) is 7.53. The molecular weight excluding hydrogens is 300 g/mol. The van der Waals surface area contributed by atoms with Crippen molar-refractivity contribution in [2.75, 3.05) is 0 Å². The second-order valence-corrected chi connectivity index (χ2v) is 6.03. The Hall–Kier alpha value is -2.23. The number of ether oxygens (including phenoxy) is 1. The zero-order chi connectivity index (χ0) is 17.2. The number of nitrogens with zero attached hydrogens (tertiary/aromatic N) is 2. The maximum atomic E-state index is 12.1. The van der Waals surface area contributed by atoms with E-state index in [1.54, 1.807) is 6.20 Å². The van der Waals surface area contributed by atoms with Gasteiger partial charge in [-0.2, -0.15) is 0 Å². The lowest BCUT2D eigenvalue weighted by atomic mass is 10.0. The van der Waals surface area contributed by atoms with E-state index in [-0.39, 0.29) is 5.97 Å². The molecule has 0 bridgehead atoms. The third-order valence-electron chi connectivity index (χ3n) is 4.03. The molecule has 0 spiro atoms. The number of benzene rings is 1. The lowest BCUT2D eigenvalue weighted by molar-refractivity contribution is -0.134. The van der Waals surface area contributed by atoms with Crippen LogP contribution in [-0.4, -0.2) is 15.9 Å². The molecule has 0 aliphatic heterocycles. The molecule has 4 heteroatoms. The third-order valence-corrected chi connectivity index (χ3v) is 4.03. The van der Waals surface area contributed by atoms with E-state index in [4.69, 9.17) is 4.74 Å². The quantitative estimate of drug-likeness (QED) is 0.365. The molecule has 0 unspecified atom stereocenters. The van der Waals surface area contributed by atoms with Gasteiger partial charge in [0, 0.05) is 18.2 Å². The molecule has 128 valence electrons. The van der Waals surface area contributed by atoms with Gasteiger partial charge in [0.05, 0.1) is 5.69 Å². The van der Waals surface area contributed by atoms with E-state index in [1.165, 1.54) is 32.0 Å². The van der Waals surface area contributed by atoms with Gasteiger partial charge in [-0.1, -0.05) is 51.2 Å². The largest absolute Gasteiger partial charge is 0.426 e. The Morgan fingerprint density at radius 3 is 2.62 bits per heavy atom. The molecule has 0 amide bonds. The highest BCUT2D eigenvalue weighted by molar-refractivity contribution is 5.78. The highest BCUT2D eigenvalue weighted by atomic mass is 16.5. The predicted molar refractivity (Wildman–Crippen MR) is 95.8 cm³/mol. The molecule has 1 aromatic heterocycles. The van der Waals surface area contributed by atoms with Gasteiger partial charge in [-0.05, 0) is 31.0 Å². The molecule has 24 heavy (non-hydrogen) atoms. The molecule has 2 rings (SSSR count). The number of hydrogen-bond donors (Lipinski definition) is 0. The summed E-state index contributed by atoms with van der Waals surface area (Å²) in [6.45, 7) is 4.19. The van der Waals surface area contributed by atoms with Gasteiger partial charge in [-0.3, -0.25) is 4.79 Å². The summed E-state index contributed by atoms with van der Waals surface area (Å²) in [5, 5.41) is 0. The van der Waals surface area contributed by atoms with Gasteiger partial charge in [0.2, 0.25) is 0 Å². The van der Waals surface area contributed by atoms with Crippen molar-refractivity contribution in [2.24, 2.45) is 0 Å². The van der Waals surface area contributed by atoms with Crippen molar-refractivity contribution >= 4 is 5.97 Å². The standard InChI is InChI=1S/C20H26N2O2/c1-3-4-5-6-7-8-12-19(23)24-18-11-9-10-16(2)20(18)17-13-14-21-15-22-17/h9-11,13-15H,3-8,12H2,1-2H3. The van der Waals surface area contributed by atoms with Crippen LogP contribution >= 0.6 is 0 Å². The van der Waals surface area contributed by atoms with Gasteiger partial charge in [0.25, 0.3) is 0 Å². The number of carbonyl (C=O) groups excluding carboxylic acids is 1. The van der Waals surface area contributed by atoms with Crippen molar-refractivity contribution in [3.05, 3.63) is 42.4 Å². The first kappa shape index (κ1) is 18.1. The van der Waals surface area contributed by atoms with Gasteiger partial charge >= 0.3 is 5.97 Å². The van der Waals surface area contributed by atoms with E-state index in [0.29, 0.717) is 12.2 Å². The molecule has 0 aliphatic rings. The van der Waals surface area contributed by atoms with Crippen LogP contribution in [0.2, 0.25) is 0 Å². The number of carbonyl (C=O) groups is 1. The van der Waals surface area contributed by atoms with Gasteiger partial charge in [-0.25, -0.2) is 9.97 Å². The molecule has 0 radical (unpaired) electrons. The summed E-state index contributed by atoms with van der Waals surface area (Å²) in [6.07, 6.45) is 10.6. The fourth-order valence-electron chi connectivity index (χ4n) is 2.72. The number of unbranched alkanes of at least 4 members (excludes halogenated alkanes) is 5. The normalized spacial score (nSPS) is 10.6. The smallest absolute Gasteiger partial charge is 0.311 e. The predicted octanol–water partition coefficient (Wildman–Crippen LogP) is 5.11. The Bertz CT molecular complexity index is 641. The highest BCUT2D eigenvalue weighted by Gasteiger charge is 2.13. The molecule has 1 heterocycles. The van der Waals surface area contributed by atoms with Crippen LogP contribution in [0.5, 0.6) is 5.75 Å². The van der Waals surface area contributed by atoms with E-state index < -0.39 is 0 Å². The highest BCUT2D eigenvalue weighted by Crippen LogP contribution is 2.31. The SMILES string of the molecule is CCCCCCCCC(=O)Oc1cccc(C)c1-c1ccncn1. The Kier molecular flexibility index (Phi) is 7.40. The minimum absolute atomic E-state index is 0.175. The second-order valence-electron chi connectivity index (χ2n) is 6.03. The molecular formula is C20H26N2O2. The first-order chi connectivity index (χ1) is 11.7. The minimum atomic E-state index is -0.175. The van der Waals surface area contributed by atoms with E-state index >= 15 is 0 Å². The van der Waals surface area contributed by atoms with Gasteiger partial charge in [-0.15, -0.1) is 0 Å². The fourth-order valence-corrected chi connectivity index (χ4v) is 2.72. The Balaban J connectivity index is 1.95. The summed E-state index contributed by atoms with van der Waals surface area (Å²) in [5.74, 6) is 0.399. The van der Waals surface area contributed by atoms with Crippen molar-refractivity contribution < 1.29 is 9.53 Å². The molecule has 0 atom stereocenters. The van der Waals surface area contributed by atoms with Crippen LogP contribution in [0.3, 0.4) is 0 Å². The van der Waals surface area contributed by atoms with Crippen LogP contribution in [0.15, 0.2) is 36.8 Å². The maximum absolute atomic E-state index is 12.1. The Morgan fingerprint density at radius 2 is 1.88 bits per heavy atom. The number of aryl methyl sites for hydroxylation is 1. The van der Waals surface area contributed by atoms with E-state index in [1.807, 2.05) is 31.2 Å². The van der Waals surface area contributed by atoms with E-state index in [2.05, 4.69) is 16.9 Å².